The molecule has 0 bridgehead atoms. The molecule has 0 aliphatic carbocycles. The lowest BCUT2D eigenvalue weighted by Gasteiger charge is -2.18. The summed E-state index contributed by atoms with van der Waals surface area (Å²) in [6.45, 7) is 2.15. The van der Waals surface area contributed by atoms with Crippen LogP contribution >= 0.6 is 22.7 Å². The SMILES string of the molecule is CCc1ccc(C(NC(=O)CCc2ccsc2)c2cccs2)cc1. The van der Waals surface area contributed by atoms with Crippen LogP contribution in [0.15, 0.2) is 58.6 Å². The predicted octanol–water partition coefficient (Wildman–Crippen LogP) is 5.21. The number of aryl methyl sites for hydroxylation is 2. The molecule has 0 saturated carbocycles. The monoisotopic (exact) mass is 355 g/mol. The van der Waals surface area contributed by atoms with E-state index in [0.717, 1.165) is 18.4 Å². The Morgan fingerprint density at radius 3 is 2.54 bits per heavy atom. The highest BCUT2D eigenvalue weighted by molar-refractivity contribution is 7.10. The van der Waals surface area contributed by atoms with Gasteiger partial charge in [0, 0.05) is 11.3 Å². The number of carbonyl (C=O) groups excluding carboxylic acids is 1. The standard InChI is InChI=1S/C20H21NOS2/c1-2-15-5-8-17(9-6-15)20(18-4-3-12-24-18)21-19(22)10-7-16-11-13-23-14-16/h3-6,8-9,11-14,20H,2,7,10H2,1H3,(H,21,22). The number of thiophene rings is 2. The van der Waals surface area contributed by atoms with Gasteiger partial charge in [0.15, 0.2) is 0 Å². The van der Waals surface area contributed by atoms with E-state index < -0.39 is 0 Å². The van der Waals surface area contributed by atoms with Gasteiger partial charge in [-0.05, 0) is 57.8 Å². The molecule has 3 aromatic rings. The summed E-state index contributed by atoms with van der Waals surface area (Å²) >= 11 is 3.35. The fourth-order valence-electron chi connectivity index (χ4n) is 2.65. The Labute approximate surface area is 151 Å². The molecular formula is C20H21NOS2. The molecule has 24 heavy (non-hydrogen) atoms. The minimum Gasteiger partial charge on any atom is -0.344 e. The van der Waals surface area contributed by atoms with Crippen LogP contribution in [-0.4, -0.2) is 5.91 Å². The first-order valence-corrected chi connectivity index (χ1v) is 10.0. The third kappa shape index (κ3) is 4.34. The summed E-state index contributed by atoms with van der Waals surface area (Å²) in [6.07, 6.45) is 2.34. The minimum atomic E-state index is -0.0640. The van der Waals surface area contributed by atoms with E-state index in [1.807, 2.05) is 6.07 Å². The number of benzene rings is 1. The lowest BCUT2D eigenvalue weighted by Crippen LogP contribution is -2.29. The Morgan fingerprint density at radius 1 is 1.08 bits per heavy atom. The largest absolute Gasteiger partial charge is 0.344 e. The number of hydrogen-bond donors (Lipinski definition) is 1. The topological polar surface area (TPSA) is 29.1 Å². The van der Waals surface area contributed by atoms with Crippen LogP contribution in [0, 0.1) is 0 Å². The predicted molar refractivity (Wildman–Crippen MR) is 103 cm³/mol. The molecule has 124 valence electrons. The van der Waals surface area contributed by atoms with E-state index in [2.05, 4.69) is 64.8 Å². The summed E-state index contributed by atoms with van der Waals surface area (Å²) in [7, 11) is 0. The second-order valence-corrected chi connectivity index (χ2v) is 7.50. The second kappa shape index (κ2) is 8.27. The van der Waals surface area contributed by atoms with E-state index in [9.17, 15) is 4.79 Å². The van der Waals surface area contributed by atoms with Crippen molar-refractivity contribution in [3.63, 3.8) is 0 Å². The van der Waals surface area contributed by atoms with Gasteiger partial charge in [-0.15, -0.1) is 11.3 Å². The van der Waals surface area contributed by atoms with Gasteiger partial charge in [-0.1, -0.05) is 37.3 Å². The van der Waals surface area contributed by atoms with Crippen LogP contribution in [0.3, 0.4) is 0 Å². The zero-order valence-electron chi connectivity index (χ0n) is 13.7. The lowest BCUT2D eigenvalue weighted by molar-refractivity contribution is -0.121. The van der Waals surface area contributed by atoms with Crippen molar-refractivity contribution >= 4 is 28.6 Å². The Bertz CT molecular complexity index is 746. The average Bonchev–Trinajstić information content (AvgIpc) is 3.31. The van der Waals surface area contributed by atoms with Crippen molar-refractivity contribution in [2.75, 3.05) is 0 Å². The molecular weight excluding hydrogens is 334 g/mol. The Hall–Kier alpha value is -1.91. The van der Waals surface area contributed by atoms with Crippen molar-refractivity contribution in [3.8, 4) is 0 Å². The third-order valence-electron chi connectivity index (χ3n) is 4.08. The van der Waals surface area contributed by atoms with Crippen molar-refractivity contribution in [1.29, 1.82) is 0 Å². The molecule has 1 unspecified atom stereocenters. The molecule has 1 atom stereocenters. The van der Waals surface area contributed by atoms with Crippen LogP contribution < -0.4 is 5.32 Å². The van der Waals surface area contributed by atoms with Crippen LogP contribution in [0.1, 0.15) is 41.0 Å². The molecule has 4 heteroatoms. The quantitative estimate of drug-likeness (QED) is 0.619. The molecule has 1 amide bonds. The van der Waals surface area contributed by atoms with E-state index >= 15 is 0 Å². The van der Waals surface area contributed by atoms with Crippen molar-refractivity contribution in [2.24, 2.45) is 0 Å². The highest BCUT2D eigenvalue weighted by Gasteiger charge is 2.17. The maximum absolute atomic E-state index is 12.4. The first-order chi connectivity index (χ1) is 11.8. The third-order valence-corrected chi connectivity index (χ3v) is 5.74. The van der Waals surface area contributed by atoms with Crippen LogP contribution in [0.4, 0.5) is 0 Å². The van der Waals surface area contributed by atoms with Gasteiger partial charge in [0.25, 0.3) is 0 Å². The zero-order chi connectivity index (χ0) is 16.8. The average molecular weight is 356 g/mol. The van der Waals surface area contributed by atoms with Gasteiger partial charge in [-0.3, -0.25) is 4.79 Å². The Kier molecular flexibility index (Phi) is 5.83. The maximum Gasteiger partial charge on any atom is 0.221 e. The fourth-order valence-corrected chi connectivity index (χ4v) is 4.15. The van der Waals surface area contributed by atoms with Crippen molar-refractivity contribution in [1.82, 2.24) is 5.32 Å². The van der Waals surface area contributed by atoms with Crippen LogP contribution in [0.5, 0.6) is 0 Å². The number of carbonyl (C=O) groups is 1. The summed E-state index contributed by atoms with van der Waals surface area (Å²) in [5, 5.41) is 9.42. The molecule has 1 N–H and O–H groups in total. The van der Waals surface area contributed by atoms with Gasteiger partial charge < -0.3 is 5.32 Å². The summed E-state index contributed by atoms with van der Waals surface area (Å²) in [5.41, 5.74) is 3.68. The molecule has 0 spiro atoms. The highest BCUT2D eigenvalue weighted by Crippen LogP contribution is 2.26. The first kappa shape index (κ1) is 16.9. The zero-order valence-corrected chi connectivity index (χ0v) is 15.3. The summed E-state index contributed by atoms with van der Waals surface area (Å²) in [6, 6.07) is 14.7. The molecule has 0 radical (unpaired) electrons. The smallest absolute Gasteiger partial charge is 0.221 e. The molecule has 0 aliphatic rings. The molecule has 0 aliphatic heterocycles. The van der Waals surface area contributed by atoms with E-state index in [-0.39, 0.29) is 11.9 Å². The van der Waals surface area contributed by atoms with E-state index in [0.29, 0.717) is 6.42 Å². The highest BCUT2D eigenvalue weighted by atomic mass is 32.1. The molecule has 2 nitrogen and oxygen atoms in total. The molecule has 2 aromatic heterocycles. The summed E-state index contributed by atoms with van der Waals surface area (Å²) in [4.78, 5) is 13.6. The second-order valence-electron chi connectivity index (χ2n) is 5.74. The number of amides is 1. The number of nitrogens with one attached hydrogen (secondary N) is 1. The van der Waals surface area contributed by atoms with E-state index in [4.69, 9.17) is 0 Å². The van der Waals surface area contributed by atoms with E-state index in [1.54, 1.807) is 22.7 Å². The van der Waals surface area contributed by atoms with Crippen LogP contribution in [-0.2, 0) is 17.6 Å². The first-order valence-electron chi connectivity index (χ1n) is 8.19. The number of rotatable bonds is 7. The number of hydrogen-bond acceptors (Lipinski definition) is 3. The lowest BCUT2D eigenvalue weighted by atomic mass is 10.0. The minimum absolute atomic E-state index is 0.0640. The van der Waals surface area contributed by atoms with Crippen LogP contribution in [0.25, 0.3) is 0 Å². The van der Waals surface area contributed by atoms with Crippen molar-refractivity contribution < 1.29 is 4.79 Å². The van der Waals surface area contributed by atoms with Gasteiger partial charge in [0.05, 0.1) is 6.04 Å². The van der Waals surface area contributed by atoms with E-state index in [1.165, 1.54) is 16.0 Å². The van der Waals surface area contributed by atoms with Crippen LogP contribution in [0.2, 0.25) is 0 Å². The molecule has 2 heterocycles. The summed E-state index contributed by atoms with van der Waals surface area (Å²) in [5.74, 6) is 0.0965. The van der Waals surface area contributed by atoms with Gasteiger partial charge in [0.1, 0.15) is 0 Å². The van der Waals surface area contributed by atoms with Gasteiger partial charge >= 0.3 is 0 Å². The van der Waals surface area contributed by atoms with Gasteiger partial charge in [-0.25, -0.2) is 0 Å². The molecule has 0 fully saturated rings. The maximum atomic E-state index is 12.4. The van der Waals surface area contributed by atoms with Crippen molar-refractivity contribution in [3.05, 3.63) is 80.2 Å². The molecule has 3 rings (SSSR count). The van der Waals surface area contributed by atoms with Crippen molar-refractivity contribution in [2.45, 2.75) is 32.2 Å². The van der Waals surface area contributed by atoms with Gasteiger partial charge in [0.2, 0.25) is 5.91 Å². The Balaban J connectivity index is 1.71. The van der Waals surface area contributed by atoms with Gasteiger partial charge in [-0.2, -0.15) is 11.3 Å². The molecule has 0 saturated heterocycles. The normalized spacial score (nSPS) is 12.0. The Morgan fingerprint density at radius 2 is 1.92 bits per heavy atom. The fraction of sp³-hybridized carbons (Fsp3) is 0.250. The molecule has 1 aromatic carbocycles. The summed E-state index contributed by atoms with van der Waals surface area (Å²) < 4.78 is 0.